The van der Waals surface area contributed by atoms with Gasteiger partial charge in [-0.25, -0.2) is 0 Å². The van der Waals surface area contributed by atoms with Crippen LogP contribution in [0.15, 0.2) is 41.3 Å². The van der Waals surface area contributed by atoms with Gasteiger partial charge >= 0.3 is 0 Å². The SMILES string of the molecule is Cc1nn(C)cc1COc1ccc(-n2c(N)c3c(cc2=O)C(=O)NC3=O)cc1. The van der Waals surface area contributed by atoms with Crippen molar-refractivity contribution in [3.05, 3.63) is 69.3 Å². The Morgan fingerprint density at radius 2 is 1.86 bits per heavy atom. The molecule has 0 saturated carbocycles. The molecule has 0 bridgehead atoms. The van der Waals surface area contributed by atoms with Crippen LogP contribution in [0.4, 0.5) is 5.82 Å². The summed E-state index contributed by atoms with van der Waals surface area (Å²) in [5, 5.41) is 6.40. The molecule has 1 aromatic carbocycles. The molecular weight excluding hydrogens is 362 g/mol. The minimum Gasteiger partial charge on any atom is -0.489 e. The molecule has 9 heteroatoms. The molecular formula is C19H17N5O4. The number of carbonyl (C=O) groups is 2. The predicted molar refractivity (Wildman–Crippen MR) is 101 cm³/mol. The van der Waals surface area contributed by atoms with Crippen LogP contribution in [0.3, 0.4) is 0 Å². The summed E-state index contributed by atoms with van der Waals surface area (Å²) in [5.74, 6) is -0.707. The highest BCUT2D eigenvalue weighted by Gasteiger charge is 2.31. The number of aromatic nitrogens is 3. The third-order valence-corrected chi connectivity index (χ3v) is 4.56. The Balaban J connectivity index is 1.62. The van der Waals surface area contributed by atoms with Gasteiger partial charge in [-0.05, 0) is 31.2 Å². The molecule has 3 N–H and O–H groups in total. The first kappa shape index (κ1) is 17.5. The molecule has 0 fully saturated rings. The predicted octanol–water partition coefficient (Wildman–Crippen LogP) is 0.924. The van der Waals surface area contributed by atoms with E-state index in [-0.39, 0.29) is 16.9 Å². The van der Waals surface area contributed by atoms with Crippen LogP contribution in [0.25, 0.3) is 5.69 Å². The van der Waals surface area contributed by atoms with E-state index in [4.69, 9.17) is 10.5 Å². The van der Waals surface area contributed by atoms with Gasteiger partial charge in [0.2, 0.25) is 0 Å². The minimum absolute atomic E-state index is 0.00413. The molecule has 4 rings (SSSR count). The number of nitrogens with one attached hydrogen (secondary N) is 1. The van der Waals surface area contributed by atoms with E-state index in [1.807, 2.05) is 20.2 Å². The van der Waals surface area contributed by atoms with Crippen molar-refractivity contribution in [1.82, 2.24) is 19.7 Å². The van der Waals surface area contributed by atoms with Crippen molar-refractivity contribution in [3.8, 4) is 11.4 Å². The van der Waals surface area contributed by atoms with Gasteiger partial charge in [0.25, 0.3) is 17.4 Å². The molecule has 0 radical (unpaired) electrons. The van der Waals surface area contributed by atoms with Crippen LogP contribution in [0.5, 0.6) is 5.75 Å². The van der Waals surface area contributed by atoms with Crippen LogP contribution >= 0.6 is 0 Å². The molecule has 3 heterocycles. The number of hydrogen-bond donors (Lipinski definition) is 2. The summed E-state index contributed by atoms with van der Waals surface area (Å²) in [6.07, 6.45) is 1.89. The van der Waals surface area contributed by atoms with Gasteiger partial charge in [0.05, 0.1) is 22.5 Å². The molecule has 2 amide bonds. The number of nitrogens with two attached hydrogens (primary N) is 1. The highest BCUT2D eigenvalue weighted by Crippen LogP contribution is 2.24. The summed E-state index contributed by atoms with van der Waals surface area (Å²) < 4.78 is 8.67. The van der Waals surface area contributed by atoms with Crippen molar-refractivity contribution in [3.63, 3.8) is 0 Å². The normalized spacial score (nSPS) is 12.8. The number of amides is 2. The zero-order valence-electron chi connectivity index (χ0n) is 15.2. The van der Waals surface area contributed by atoms with Crippen molar-refractivity contribution in [1.29, 1.82) is 0 Å². The lowest BCUT2D eigenvalue weighted by Crippen LogP contribution is -2.24. The van der Waals surface area contributed by atoms with Crippen molar-refractivity contribution >= 4 is 17.6 Å². The van der Waals surface area contributed by atoms with Gasteiger partial charge < -0.3 is 10.5 Å². The Bertz CT molecular complexity index is 1170. The zero-order chi connectivity index (χ0) is 20.0. The van der Waals surface area contributed by atoms with E-state index in [2.05, 4.69) is 10.4 Å². The maximum Gasteiger partial charge on any atom is 0.262 e. The maximum absolute atomic E-state index is 12.4. The van der Waals surface area contributed by atoms with Crippen LogP contribution in [-0.4, -0.2) is 26.2 Å². The van der Waals surface area contributed by atoms with Gasteiger partial charge in [0.15, 0.2) is 0 Å². The average molecular weight is 379 g/mol. The number of benzene rings is 1. The van der Waals surface area contributed by atoms with Gasteiger partial charge in [-0.15, -0.1) is 0 Å². The molecule has 1 aliphatic heterocycles. The Morgan fingerprint density at radius 1 is 1.14 bits per heavy atom. The number of anilines is 1. The van der Waals surface area contributed by atoms with E-state index in [1.165, 1.54) is 4.57 Å². The van der Waals surface area contributed by atoms with E-state index < -0.39 is 17.4 Å². The number of hydrogen-bond acceptors (Lipinski definition) is 6. The van der Waals surface area contributed by atoms with Gasteiger partial charge in [-0.2, -0.15) is 5.10 Å². The Labute approximate surface area is 159 Å². The molecule has 9 nitrogen and oxygen atoms in total. The first-order chi connectivity index (χ1) is 13.3. The number of carbonyl (C=O) groups excluding carboxylic acids is 2. The highest BCUT2D eigenvalue weighted by atomic mass is 16.5. The van der Waals surface area contributed by atoms with Crippen LogP contribution in [0.2, 0.25) is 0 Å². The fourth-order valence-corrected chi connectivity index (χ4v) is 3.19. The lowest BCUT2D eigenvalue weighted by molar-refractivity contribution is 0.0880. The fraction of sp³-hybridized carbons (Fsp3) is 0.158. The standard InChI is InChI=1S/C19H17N5O4/c1-10-11(8-23(2)22-10)9-28-13-5-3-12(4-6-13)24-15(25)7-14-16(17(24)20)19(27)21-18(14)26/h3-8H,9,20H2,1-2H3,(H,21,26,27). The number of ether oxygens (including phenoxy) is 1. The summed E-state index contributed by atoms with van der Waals surface area (Å²) >= 11 is 0. The van der Waals surface area contributed by atoms with Crippen molar-refractivity contribution < 1.29 is 14.3 Å². The van der Waals surface area contributed by atoms with E-state index in [9.17, 15) is 14.4 Å². The third-order valence-electron chi connectivity index (χ3n) is 4.56. The summed E-state index contributed by atoms with van der Waals surface area (Å²) in [7, 11) is 1.85. The fourth-order valence-electron chi connectivity index (χ4n) is 3.19. The van der Waals surface area contributed by atoms with Crippen LogP contribution in [-0.2, 0) is 13.7 Å². The molecule has 0 atom stereocenters. The lowest BCUT2D eigenvalue weighted by atomic mass is 10.1. The average Bonchev–Trinajstić information content (AvgIpc) is 3.11. The largest absolute Gasteiger partial charge is 0.489 e. The molecule has 0 saturated heterocycles. The van der Waals surface area contributed by atoms with Crippen molar-refractivity contribution in [2.75, 3.05) is 5.73 Å². The molecule has 0 unspecified atom stereocenters. The molecule has 142 valence electrons. The number of aryl methyl sites for hydroxylation is 2. The van der Waals surface area contributed by atoms with Crippen LogP contribution in [0, 0.1) is 6.92 Å². The second-order valence-electron chi connectivity index (χ2n) is 6.47. The Morgan fingerprint density at radius 3 is 2.50 bits per heavy atom. The topological polar surface area (TPSA) is 121 Å². The van der Waals surface area contributed by atoms with Gasteiger partial charge in [-0.3, -0.25) is 28.9 Å². The van der Waals surface area contributed by atoms with Crippen LogP contribution in [0.1, 0.15) is 32.0 Å². The quantitative estimate of drug-likeness (QED) is 0.650. The van der Waals surface area contributed by atoms with Gasteiger partial charge in [-0.1, -0.05) is 0 Å². The molecule has 0 spiro atoms. The van der Waals surface area contributed by atoms with Crippen molar-refractivity contribution in [2.24, 2.45) is 7.05 Å². The molecule has 0 aliphatic carbocycles. The van der Waals surface area contributed by atoms with E-state index in [0.717, 1.165) is 17.3 Å². The smallest absolute Gasteiger partial charge is 0.262 e. The third kappa shape index (κ3) is 2.82. The number of rotatable bonds is 4. The van der Waals surface area contributed by atoms with Crippen molar-refractivity contribution in [2.45, 2.75) is 13.5 Å². The van der Waals surface area contributed by atoms with E-state index in [0.29, 0.717) is 18.0 Å². The summed E-state index contributed by atoms with van der Waals surface area (Å²) in [5.41, 5.74) is 7.86. The number of nitrogen functional groups attached to an aromatic ring is 1. The highest BCUT2D eigenvalue weighted by molar-refractivity contribution is 6.23. The van der Waals surface area contributed by atoms with E-state index in [1.54, 1.807) is 28.9 Å². The second-order valence-corrected chi connectivity index (χ2v) is 6.47. The summed E-state index contributed by atoms with van der Waals surface area (Å²) in [4.78, 5) is 36.1. The van der Waals surface area contributed by atoms with Gasteiger partial charge in [0.1, 0.15) is 18.2 Å². The Kier molecular flexibility index (Phi) is 3.99. The number of fused-ring (bicyclic) bond motifs is 1. The van der Waals surface area contributed by atoms with Gasteiger partial charge in [0, 0.05) is 24.9 Å². The molecule has 28 heavy (non-hydrogen) atoms. The molecule has 2 aromatic heterocycles. The first-order valence-electron chi connectivity index (χ1n) is 8.48. The molecule has 1 aliphatic rings. The Hall–Kier alpha value is -3.88. The summed E-state index contributed by atoms with van der Waals surface area (Å²) in [6, 6.07) is 7.83. The number of nitrogens with zero attached hydrogens (tertiary/aromatic N) is 3. The van der Waals surface area contributed by atoms with Crippen LogP contribution < -0.4 is 21.3 Å². The number of imide groups is 1. The van der Waals surface area contributed by atoms with E-state index >= 15 is 0 Å². The lowest BCUT2D eigenvalue weighted by Gasteiger charge is -2.12. The first-order valence-corrected chi connectivity index (χ1v) is 8.48. The minimum atomic E-state index is -0.620. The molecule has 3 aromatic rings. The monoisotopic (exact) mass is 379 g/mol. The zero-order valence-corrected chi connectivity index (χ0v) is 15.2. The number of pyridine rings is 1. The maximum atomic E-state index is 12.4. The second kappa shape index (κ2) is 6.38. The summed E-state index contributed by atoms with van der Waals surface area (Å²) in [6.45, 7) is 2.27.